The Morgan fingerprint density at radius 1 is 0.912 bits per heavy atom. The second-order valence-corrected chi connectivity index (χ2v) is 8.39. The highest BCUT2D eigenvalue weighted by atomic mass is 16.5. The number of imidazole rings is 1. The van der Waals surface area contributed by atoms with Gasteiger partial charge in [0.05, 0.1) is 43.0 Å². The number of nitrogens with zero attached hydrogens (tertiary/aromatic N) is 5. The van der Waals surface area contributed by atoms with Crippen molar-refractivity contribution in [2.75, 3.05) is 62.8 Å². The largest absolute Gasteiger partial charge is 0.378 e. The van der Waals surface area contributed by atoms with E-state index >= 15 is 0 Å². The summed E-state index contributed by atoms with van der Waals surface area (Å²) in [7, 11) is 0. The molecule has 4 heterocycles. The van der Waals surface area contributed by atoms with E-state index in [2.05, 4.69) is 25.2 Å². The summed E-state index contributed by atoms with van der Waals surface area (Å²) in [5, 5.41) is 4.15. The van der Waals surface area contributed by atoms with Crippen molar-refractivity contribution in [1.82, 2.24) is 24.8 Å². The molecule has 2 fully saturated rings. The summed E-state index contributed by atoms with van der Waals surface area (Å²) in [6.07, 6.45) is 1.76. The van der Waals surface area contributed by atoms with Crippen molar-refractivity contribution in [3.05, 3.63) is 48.2 Å². The molecule has 1 amide bonds. The van der Waals surface area contributed by atoms with Crippen LogP contribution in [-0.4, -0.2) is 83.3 Å². The van der Waals surface area contributed by atoms with Crippen LogP contribution < -0.4 is 10.2 Å². The van der Waals surface area contributed by atoms with E-state index < -0.39 is 0 Å². The van der Waals surface area contributed by atoms with Crippen LogP contribution in [0.15, 0.2) is 42.6 Å². The number of fused-ring (bicyclic) bond motifs is 2. The Labute approximate surface area is 195 Å². The van der Waals surface area contributed by atoms with Gasteiger partial charge < -0.3 is 29.6 Å². The van der Waals surface area contributed by atoms with Crippen LogP contribution in [0.1, 0.15) is 10.4 Å². The van der Waals surface area contributed by atoms with E-state index in [1.807, 2.05) is 41.3 Å². The minimum absolute atomic E-state index is 0.000842. The number of aromatic nitrogens is 4. The fourth-order valence-electron chi connectivity index (χ4n) is 4.29. The van der Waals surface area contributed by atoms with Gasteiger partial charge in [0.1, 0.15) is 0 Å². The summed E-state index contributed by atoms with van der Waals surface area (Å²) < 4.78 is 10.8. The Morgan fingerprint density at radius 3 is 2.53 bits per heavy atom. The molecule has 2 aliphatic heterocycles. The van der Waals surface area contributed by atoms with E-state index in [4.69, 9.17) is 14.5 Å². The van der Waals surface area contributed by atoms with Gasteiger partial charge in [-0.1, -0.05) is 6.07 Å². The normalized spacial score (nSPS) is 16.8. The van der Waals surface area contributed by atoms with Gasteiger partial charge in [-0.2, -0.15) is 0 Å². The predicted octanol–water partition coefficient (Wildman–Crippen LogP) is 2.56. The van der Waals surface area contributed by atoms with Crippen LogP contribution in [0.3, 0.4) is 0 Å². The predicted molar refractivity (Wildman–Crippen MR) is 129 cm³/mol. The van der Waals surface area contributed by atoms with Crippen LogP contribution in [0.2, 0.25) is 0 Å². The third-order valence-electron chi connectivity index (χ3n) is 6.16. The fraction of sp³-hybridized carbons (Fsp3) is 0.333. The number of H-pyrrole nitrogens is 1. The number of carbonyl (C=O) groups excluding carboxylic acids is 1. The lowest BCUT2D eigenvalue weighted by atomic mass is 10.1. The highest BCUT2D eigenvalue weighted by Gasteiger charge is 2.19. The maximum Gasteiger partial charge on any atom is 0.254 e. The average Bonchev–Trinajstić information content (AvgIpc) is 3.32. The number of nitrogens with one attached hydrogen (secondary N) is 2. The molecule has 2 saturated heterocycles. The SMILES string of the molecule is O=C(c1ccc2cnc(Nc3ccc4nc(N5CCOCC5)[nH]c4c3)nc2c1)N1CCOCC1. The molecule has 6 rings (SSSR count). The van der Waals surface area contributed by atoms with Crippen LogP contribution in [0.5, 0.6) is 0 Å². The van der Waals surface area contributed by atoms with Crippen LogP contribution in [0.4, 0.5) is 17.6 Å². The van der Waals surface area contributed by atoms with Gasteiger partial charge in [-0.15, -0.1) is 0 Å². The van der Waals surface area contributed by atoms with Crippen LogP contribution in [-0.2, 0) is 9.47 Å². The summed E-state index contributed by atoms with van der Waals surface area (Å²) in [6, 6.07) is 11.5. The van der Waals surface area contributed by atoms with Crippen LogP contribution in [0.25, 0.3) is 21.9 Å². The zero-order valence-electron chi connectivity index (χ0n) is 18.7. The second kappa shape index (κ2) is 8.88. The first-order valence-electron chi connectivity index (χ1n) is 11.5. The maximum absolute atomic E-state index is 12.9. The second-order valence-electron chi connectivity index (χ2n) is 8.39. The summed E-state index contributed by atoms with van der Waals surface area (Å²) in [4.78, 5) is 34.1. The molecule has 2 aromatic heterocycles. The molecule has 0 bridgehead atoms. The van der Waals surface area contributed by atoms with E-state index in [0.29, 0.717) is 56.5 Å². The molecule has 2 N–H and O–H groups in total. The third-order valence-corrected chi connectivity index (χ3v) is 6.16. The molecule has 4 aromatic rings. The number of anilines is 3. The Kier molecular flexibility index (Phi) is 5.44. The van der Waals surface area contributed by atoms with E-state index in [-0.39, 0.29) is 5.91 Å². The van der Waals surface area contributed by atoms with Crippen molar-refractivity contribution >= 4 is 45.4 Å². The Balaban J connectivity index is 1.23. The minimum Gasteiger partial charge on any atom is -0.378 e. The highest BCUT2D eigenvalue weighted by molar-refractivity contribution is 5.98. The monoisotopic (exact) mass is 459 g/mol. The van der Waals surface area contributed by atoms with Gasteiger partial charge >= 0.3 is 0 Å². The van der Waals surface area contributed by atoms with E-state index in [1.165, 1.54) is 0 Å². The molecule has 10 nitrogen and oxygen atoms in total. The van der Waals surface area contributed by atoms with Gasteiger partial charge in [-0.25, -0.2) is 15.0 Å². The lowest BCUT2D eigenvalue weighted by Gasteiger charge is -2.26. The number of hydrogen-bond acceptors (Lipinski definition) is 8. The van der Waals surface area contributed by atoms with E-state index in [0.717, 1.165) is 41.1 Å². The zero-order chi connectivity index (χ0) is 22.9. The minimum atomic E-state index is -0.000842. The van der Waals surface area contributed by atoms with Gasteiger partial charge in [-0.05, 0) is 30.3 Å². The molecule has 34 heavy (non-hydrogen) atoms. The molecule has 2 aliphatic rings. The standard InChI is InChI=1S/C24H25N7O3/c32-22(30-5-9-33-10-6-30)16-1-2-17-15-25-23(27-20(17)13-16)26-18-3-4-19-21(14-18)29-24(28-19)31-7-11-34-12-8-31/h1-4,13-15H,5-12H2,(H,28,29)(H,25,26,27). The molecule has 174 valence electrons. The molecule has 10 heteroatoms. The molecular formula is C24H25N7O3. The fourth-order valence-corrected chi connectivity index (χ4v) is 4.29. The topological polar surface area (TPSA) is 109 Å². The molecule has 0 unspecified atom stereocenters. The highest BCUT2D eigenvalue weighted by Crippen LogP contribution is 2.24. The van der Waals surface area contributed by atoms with Gasteiger partial charge in [0, 0.05) is 49.0 Å². The maximum atomic E-state index is 12.9. The molecular weight excluding hydrogens is 434 g/mol. The number of ether oxygens (including phenoxy) is 2. The Hall–Kier alpha value is -3.76. The molecule has 2 aromatic carbocycles. The third kappa shape index (κ3) is 4.13. The van der Waals surface area contributed by atoms with Crippen molar-refractivity contribution in [2.24, 2.45) is 0 Å². The summed E-state index contributed by atoms with van der Waals surface area (Å²) in [5.41, 5.74) is 4.02. The van der Waals surface area contributed by atoms with Gasteiger partial charge in [0.15, 0.2) is 0 Å². The van der Waals surface area contributed by atoms with Gasteiger partial charge in [0.25, 0.3) is 5.91 Å². The van der Waals surface area contributed by atoms with Crippen molar-refractivity contribution in [2.45, 2.75) is 0 Å². The van der Waals surface area contributed by atoms with E-state index in [1.54, 1.807) is 6.20 Å². The number of aromatic amines is 1. The average molecular weight is 460 g/mol. The lowest BCUT2D eigenvalue weighted by molar-refractivity contribution is 0.0303. The quantitative estimate of drug-likeness (QED) is 0.479. The zero-order valence-corrected chi connectivity index (χ0v) is 18.7. The first kappa shape index (κ1) is 20.8. The van der Waals surface area contributed by atoms with Crippen molar-refractivity contribution < 1.29 is 14.3 Å². The van der Waals surface area contributed by atoms with Crippen LogP contribution >= 0.6 is 0 Å². The molecule has 0 aliphatic carbocycles. The van der Waals surface area contributed by atoms with Crippen LogP contribution in [0, 0.1) is 0 Å². The van der Waals surface area contributed by atoms with E-state index in [9.17, 15) is 4.79 Å². The molecule has 0 spiro atoms. The van der Waals surface area contributed by atoms with Crippen molar-refractivity contribution in [3.63, 3.8) is 0 Å². The number of benzene rings is 2. The number of morpholine rings is 2. The smallest absolute Gasteiger partial charge is 0.254 e. The summed E-state index contributed by atoms with van der Waals surface area (Å²) >= 11 is 0. The number of hydrogen-bond donors (Lipinski definition) is 2. The first-order valence-corrected chi connectivity index (χ1v) is 11.5. The summed E-state index contributed by atoms with van der Waals surface area (Å²) in [6.45, 7) is 5.44. The molecule has 0 saturated carbocycles. The molecule has 0 radical (unpaired) electrons. The Morgan fingerprint density at radius 2 is 1.71 bits per heavy atom. The van der Waals surface area contributed by atoms with Gasteiger partial charge in [0.2, 0.25) is 11.9 Å². The molecule has 0 atom stereocenters. The lowest BCUT2D eigenvalue weighted by Crippen LogP contribution is -2.40. The van der Waals surface area contributed by atoms with Crippen molar-refractivity contribution in [1.29, 1.82) is 0 Å². The Bertz CT molecular complexity index is 1340. The first-order chi connectivity index (χ1) is 16.7. The van der Waals surface area contributed by atoms with Crippen molar-refractivity contribution in [3.8, 4) is 0 Å². The number of carbonyl (C=O) groups is 1. The number of rotatable bonds is 4. The number of amides is 1. The van der Waals surface area contributed by atoms with Gasteiger partial charge in [-0.3, -0.25) is 4.79 Å². The summed E-state index contributed by atoms with van der Waals surface area (Å²) in [5.74, 6) is 1.32.